The van der Waals surface area contributed by atoms with E-state index in [0.717, 1.165) is 27.8 Å². The van der Waals surface area contributed by atoms with Gasteiger partial charge in [0.1, 0.15) is 30.8 Å². The number of nitrogens with one attached hydrogen (secondary N) is 1. The Bertz CT molecular complexity index is 1010. The summed E-state index contributed by atoms with van der Waals surface area (Å²) in [6.07, 6.45) is 0. The van der Waals surface area contributed by atoms with E-state index in [2.05, 4.69) is 5.32 Å². The lowest BCUT2D eigenvalue weighted by atomic mass is 10.0. The van der Waals surface area contributed by atoms with Crippen molar-refractivity contribution < 1.29 is 19.4 Å². The highest BCUT2D eigenvalue weighted by molar-refractivity contribution is 7.99. The molecule has 29 heavy (non-hydrogen) atoms. The van der Waals surface area contributed by atoms with E-state index in [1.165, 1.54) is 0 Å². The monoisotopic (exact) mass is 429 g/mol. The van der Waals surface area contributed by atoms with E-state index in [1.54, 1.807) is 23.9 Å². The second-order valence-electron chi connectivity index (χ2n) is 6.62. The molecule has 7 heteroatoms. The van der Waals surface area contributed by atoms with E-state index in [4.69, 9.17) is 21.1 Å². The van der Waals surface area contributed by atoms with Gasteiger partial charge in [0.2, 0.25) is 0 Å². The summed E-state index contributed by atoms with van der Waals surface area (Å²) in [6, 6.07) is 18.6. The van der Waals surface area contributed by atoms with Gasteiger partial charge in [-0.25, -0.2) is 0 Å². The van der Waals surface area contributed by atoms with Crippen LogP contribution in [0.2, 0.25) is 5.02 Å². The lowest BCUT2D eigenvalue weighted by molar-refractivity contribution is -0.138. The lowest BCUT2D eigenvalue weighted by Crippen LogP contribution is -2.33. The fourth-order valence-electron chi connectivity index (χ4n) is 3.29. The third-order valence-corrected chi connectivity index (χ3v) is 6.18. The fraction of sp³-hybridized carbons (Fsp3) is 0.227. The van der Waals surface area contributed by atoms with Gasteiger partial charge in [-0.2, -0.15) is 0 Å². The Hall–Kier alpha value is -2.41. The Balaban J connectivity index is 1.51. The average Bonchev–Trinajstić information content (AvgIpc) is 3.22. The molecule has 0 radical (unpaired) electrons. The van der Waals surface area contributed by atoms with Crippen molar-refractivity contribution in [3.63, 3.8) is 0 Å². The average molecular weight is 430 g/mol. The van der Waals surface area contributed by atoms with Gasteiger partial charge in [0.25, 0.3) is 0 Å². The summed E-state index contributed by atoms with van der Waals surface area (Å²) in [7, 11) is 0. The predicted octanol–water partition coefficient (Wildman–Crippen LogP) is 4.74. The number of halogens is 1. The molecule has 4 rings (SSSR count). The molecule has 1 fully saturated rings. The van der Waals surface area contributed by atoms with Crippen LogP contribution in [0.3, 0.4) is 0 Å². The van der Waals surface area contributed by atoms with Crippen LogP contribution in [0.1, 0.15) is 10.9 Å². The molecule has 0 aliphatic carbocycles. The van der Waals surface area contributed by atoms with E-state index in [9.17, 15) is 9.90 Å². The smallest absolute Gasteiger partial charge is 0.321 e. The lowest BCUT2D eigenvalue weighted by Gasteiger charge is -2.19. The van der Waals surface area contributed by atoms with Gasteiger partial charge in [-0.05, 0) is 41.1 Å². The van der Waals surface area contributed by atoms with Crippen LogP contribution in [0.4, 0.5) is 0 Å². The number of hydrogen-bond acceptors (Lipinski definition) is 5. The number of carboxylic acid groups (broad SMARTS) is 1. The molecule has 1 saturated heterocycles. The molecule has 5 nitrogen and oxygen atoms in total. The number of ether oxygens (including phenoxy) is 2. The zero-order chi connectivity index (χ0) is 20.2. The van der Waals surface area contributed by atoms with Gasteiger partial charge in [-0.1, -0.05) is 41.9 Å². The Morgan fingerprint density at radius 2 is 1.83 bits per heavy atom. The van der Waals surface area contributed by atoms with E-state index in [0.29, 0.717) is 24.0 Å². The standard InChI is InChI=1S/C22H20ClNO4S/c23-15-6-8-16(9-7-15)27-11-12-28-19-10-5-14-3-1-2-4-17(14)20(19)21-24-18(13-29-21)22(25)26/h1-10,18,21,24H,11-13H2,(H,25,26). The number of benzene rings is 3. The van der Waals surface area contributed by atoms with Crippen LogP contribution in [-0.2, 0) is 4.79 Å². The zero-order valence-corrected chi connectivity index (χ0v) is 17.1. The van der Waals surface area contributed by atoms with Gasteiger partial charge in [-0.15, -0.1) is 11.8 Å². The summed E-state index contributed by atoms with van der Waals surface area (Å²) in [5.41, 5.74) is 0.975. The van der Waals surface area contributed by atoms with Crippen LogP contribution in [0.15, 0.2) is 60.7 Å². The van der Waals surface area contributed by atoms with Crippen LogP contribution in [0.5, 0.6) is 11.5 Å². The minimum atomic E-state index is -0.834. The molecule has 2 atom stereocenters. The number of carboxylic acids is 1. The molecule has 0 bridgehead atoms. The molecule has 1 aliphatic rings. The first-order chi connectivity index (χ1) is 14.1. The van der Waals surface area contributed by atoms with Crippen molar-refractivity contribution in [2.45, 2.75) is 11.4 Å². The topological polar surface area (TPSA) is 67.8 Å². The SMILES string of the molecule is O=C(O)C1CSC(c2c(OCCOc3ccc(Cl)cc3)ccc3ccccc23)N1. The summed E-state index contributed by atoms with van der Waals surface area (Å²) in [4.78, 5) is 11.4. The van der Waals surface area contributed by atoms with Gasteiger partial charge < -0.3 is 14.6 Å². The minimum absolute atomic E-state index is 0.144. The summed E-state index contributed by atoms with van der Waals surface area (Å²) in [5, 5.41) is 15.2. The molecule has 2 unspecified atom stereocenters. The van der Waals surface area contributed by atoms with Gasteiger partial charge in [0.05, 0.1) is 5.37 Å². The van der Waals surface area contributed by atoms with Crippen molar-refractivity contribution in [2.24, 2.45) is 0 Å². The third kappa shape index (κ3) is 4.61. The van der Waals surface area contributed by atoms with Crippen LogP contribution in [0.25, 0.3) is 10.8 Å². The van der Waals surface area contributed by atoms with Crippen molar-refractivity contribution in [2.75, 3.05) is 19.0 Å². The van der Waals surface area contributed by atoms with E-state index in [1.807, 2.05) is 48.5 Å². The van der Waals surface area contributed by atoms with E-state index < -0.39 is 12.0 Å². The molecule has 0 saturated carbocycles. The summed E-state index contributed by atoms with van der Waals surface area (Å²) < 4.78 is 11.7. The Labute approximate surface area is 178 Å². The van der Waals surface area contributed by atoms with Gasteiger partial charge in [0, 0.05) is 16.3 Å². The number of carbonyl (C=O) groups is 1. The molecular formula is C22H20ClNO4S. The maximum absolute atomic E-state index is 11.4. The maximum Gasteiger partial charge on any atom is 0.321 e. The largest absolute Gasteiger partial charge is 0.490 e. The Morgan fingerprint density at radius 3 is 2.59 bits per heavy atom. The first kappa shape index (κ1) is 19.9. The highest BCUT2D eigenvalue weighted by atomic mass is 35.5. The second kappa shape index (κ2) is 8.95. The number of thioether (sulfide) groups is 1. The highest BCUT2D eigenvalue weighted by Crippen LogP contribution is 2.41. The Morgan fingerprint density at radius 1 is 1.07 bits per heavy atom. The molecule has 150 valence electrons. The third-order valence-electron chi connectivity index (χ3n) is 4.70. The molecule has 0 amide bonds. The van der Waals surface area contributed by atoms with Crippen molar-refractivity contribution in [1.82, 2.24) is 5.32 Å². The highest BCUT2D eigenvalue weighted by Gasteiger charge is 2.32. The van der Waals surface area contributed by atoms with Gasteiger partial charge in [0.15, 0.2) is 0 Å². The normalized spacial score (nSPS) is 18.7. The van der Waals surface area contributed by atoms with Crippen LogP contribution in [0, 0.1) is 0 Å². The van der Waals surface area contributed by atoms with Crippen molar-refractivity contribution in [3.8, 4) is 11.5 Å². The van der Waals surface area contributed by atoms with Crippen LogP contribution >= 0.6 is 23.4 Å². The number of fused-ring (bicyclic) bond motifs is 1. The van der Waals surface area contributed by atoms with Crippen molar-refractivity contribution in [3.05, 3.63) is 71.2 Å². The fourth-order valence-corrected chi connectivity index (χ4v) is 4.71. The van der Waals surface area contributed by atoms with Gasteiger partial charge in [-0.3, -0.25) is 10.1 Å². The first-order valence-electron chi connectivity index (χ1n) is 9.25. The zero-order valence-electron chi connectivity index (χ0n) is 15.5. The molecule has 1 heterocycles. The molecule has 2 N–H and O–H groups in total. The second-order valence-corrected chi connectivity index (χ2v) is 8.19. The Kier molecular flexibility index (Phi) is 6.13. The summed E-state index contributed by atoms with van der Waals surface area (Å²) >= 11 is 7.47. The van der Waals surface area contributed by atoms with E-state index >= 15 is 0 Å². The number of hydrogen-bond donors (Lipinski definition) is 2. The molecule has 0 aromatic heterocycles. The van der Waals surface area contributed by atoms with Crippen molar-refractivity contribution >= 4 is 40.1 Å². The molecule has 0 spiro atoms. The number of aliphatic carboxylic acids is 1. The minimum Gasteiger partial charge on any atom is -0.490 e. The summed E-state index contributed by atoms with van der Waals surface area (Å²) in [6.45, 7) is 0.755. The number of rotatable bonds is 7. The maximum atomic E-state index is 11.4. The first-order valence-corrected chi connectivity index (χ1v) is 10.7. The van der Waals surface area contributed by atoms with E-state index in [-0.39, 0.29) is 5.37 Å². The molecule has 1 aliphatic heterocycles. The van der Waals surface area contributed by atoms with Gasteiger partial charge >= 0.3 is 5.97 Å². The van der Waals surface area contributed by atoms with Crippen LogP contribution in [-0.4, -0.2) is 36.1 Å². The summed E-state index contributed by atoms with van der Waals surface area (Å²) in [5.74, 6) is 1.15. The molecular weight excluding hydrogens is 410 g/mol. The predicted molar refractivity (Wildman–Crippen MR) is 116 cm³/mol. The molecule has 3 aromatic rings. The van der Waals surface area contributed by atoms with Crippen molar-refractivity contribution in [1.29, 1.82) is 0 Å². The quantitative estimate of drug-likeness (QED) is 0.529. The van der Waals surface area contributed by atoms with Crippen LogP contribution < -0.4 is 14.8 Å². The molecule has 3 aromatic carbocycles.